The third-order valence-electron chi connectivity index (χ3n) is 6.11. The van der Waals surface area contributed by atoms with Crippen molar-refractivity contribution < 1.29 is 4.79 Å². The molecule has 0 radical (unpaired) electrons. The van der Waals surface area contributed by atoms with E-state index in [1.165, 1.54) is 12.0 Å². The van der Waals surface area contributed by atoms with Gasteiger partial charge in [-0.05, 0) is 55.9 Å². The van der Waals surface area contributed by atoms with Gasteiger partial charge in [-0.25, -0.2) is 0 Å². The number of hydrogen-bond donors (Lipinski definition) is 1. The van der Waals surface area contributed by atoms with E-state index in [0.717, 1.165) is 50.2 Å². The van der Waals surface area contributed by atoms with Crippen LogP contribution < -0.4 is 5.32 Å². The number of carbonyl (C=O) groups excluding carboxylic acids is 1. The van der Waals surface area contributed by atoms with Crippen LogP contribution in [0.1, 0.15) is 44.1 Å². The topological polar surface area (TPSA) is 29.1 Å². The molecule has 1 aromatic rings. The summed E-state index contributed by atoms with van der Waals surface area (Å²) in [4.78, 5) is 12.8. The second-order valence-corrected chi connectivity index (χ2v) is 10.1. The van der Waals surface area contributed by atoms with Crippen molar-refractivity contribution in [3.63, 3.8) is 0 Å². The van der Waals surface area contributed by atoms with Gasteiger partial charge < -0.3 is 5.32 Å². The number of alkyl halides is 1. The van der Waals surface area contributed by atoms with Gasteiger partial charge in [0.1, 0.15) is 0 Å². The molecule has 2 unspecified atom stereocenters. The zero-order valence-corrected chi connectivity index (χ0v) is 15.7. The second-order valence-electron chi connectivity index (χ2n) is 8.19. The molecule has 4 bridgehead atoms. The summed E-state index contributed by atoms with van der Waals surface area (Å²) in [6.07, 6.45) is 6.61. The van der Waals surface area contributed by atoms with Crippen molar-refractivity contribution in [3.05, 3.63) is 35.9 Å². The summed E-state index contributed by atoms with van der Waals surface area (Å²) in [6, 6.07) is 10.5. The van der Waals surface area contributed by atoms with Crippen molar-refractivity contribution in [2.75, 3.05) is 12.3 Å². The van der Waals surface area contributed by atoms with Crippen molar-refractivity contribution in [1.82, 2.24) is 5.32 Å². The smallest absolute Gasteiger partial charge is 0.226 e. The van der Waals surface area contributed by atoms with Crippen LogP contribution >= 0.6 is 23.4 Å². The Kier molecular flexibility index (Phi) is 4.59. The number of thioether (sulfide) groups is 1. The van der Waals surface area contributed by atoms with Crippen molar-refractivity contribution in [2.24, 2.45) is 17.3 Å². The first-order valence-electron chi connectivity index (χ1n) is 9.16. The molecule has 4 heteroatoms. The molecule has 2 nitrogen and oxygen atoms in total. The van der Waals surface area contributed by atoms with Crippen LogP contribution in [-0.4, -0.2) is 23.1 Å². The van der Waals surface area contributed by atoms with E-state index in [1.54, 1.807) is 0 Å². The SMILES string of the molecule is O=C(NCCSCc1ccccc1)C12CC3CC(CC(Cl)(C3)C1)C2. The fraction of sp³-hybridized carbons (Fsp3) is 0.650. The predicted molar refractivity (Wildman–Crippen MR) is 101 cm³/mol. The summed E-state index contributed by atoms with van der Waals surface area (Å²) in [6.45, 7) is 0.767. The summed E-state index contributed by atoms with van der Waals surface area (Å²) in [7, 11) is 0. The molecule has 4 saturated carbocycles. The Labute approximate surface area is 154 Å². The maximum Gasteiger partial charge on any atom is 0.226 e. The summed E-state index contributed by atoms with van der Waals surface area (Å²) < 4.78 is 0. The quantitative estimate of drug-likeness (QED) is 0.590. The van der Waals surface area contributed by atoms with Crippen LogP contribution in [0.4, 0.5) is 0 Å². The molecule has 4 fully saturated rings. The Morgan fingerprint density at radius 2 is 1.88 bits per heavy atom. The largest absolute Gasteiger partial charge is 0.355 e. The molecule has 4 aliphatic rings. The van der Waals surface area contributed by atoms with E-state index in [9.17, 15) is 4.79 Å². The second kappa shape index (κ2) is 6.57. The molecule has 24 heavy (non-hydrogen) atoms. The van der Waals surface area contributed by atoms with Crippen LogP contribution in [0.2, 0.25) is 0 Å². The summed E-state index contributed by atoms with van der Waals surface area (Å²) >= 11 is 8.72. The molecule has 0 saturated heterocycles. The Bertz CT molecular complexity index is 591. The standard InChI is InChI=1S/C20H26ClNOS/c21-20-11-16-8-17(12-20)10-19(9-16,14-20)18(23)22-6-7-24-13-15-4-2-1-3-5-15/h1-5,16-17H,6-14H2,(H,22,23). The van der Waals surface area contributed by atoms with E-state index in [4.69, 9.17) is 11.6 Å². The van der Waals surface area contributed by atoms with Crippen LogP contribution in [0.15, 0.2) is 30.3 Å². The Hall–Kier alpha value is -0.670. The number of halogens is 1. The number of amides is 1. The molecule has 0 aliphatic heterocycles. The van der Waals surface area contributed by atoms with Gasteiger partial charge in [0.05, 0.1) is 5.41 Å². The summed E-state index contributed by atoms with van der Waals surface area (Å²) in [5.41, 5.74) is 1.19. The molecule has 4 aliphatic carbocycles. The average molecular weight is 364 g/mol. The number of hydrogen-bond acceptors (Lipinski definition) is 2. The van der Waals surface area contributed by atoms with E-state index in [1.807, 2.05) is 17.8 Å². The van der Waals surface area contributed by atoms with Crippen molar-refractivity contribution in [1.29, 1.82) is 0 Å². The van der Waals surface area contributed by atoms with E-state index in [2.05, 4.69) is 29.6 Å². The van der Waals surface area contributed by atoms with Gasteiger partial charge in [0.15, 0.2) is 0 Å². The van der Waals surface area contributed by atoms with Gasteiger partial charge in [-0.15, -0.1) is 11.6 Å². The molecular weight excluding hydrogens is 338 g/mol. The van der Waals surface area contributed by atoms with Crippen molar-refractivity contribution in [3.8, 4) is 0 Å². The molecule has 130 valence electrons. The highest BCUT2D eigenvalue weighted by molar-refractivity contribution is 7.98. The van der Waals surface area contributed by atoms with Crippen LogP contribution in [0.3, 0.4) is 0 Å². The van der Waals surface area contributed by atoms with Crippen molar-refractivity contribution in [2.45, 2.75) is 49.2 Å². The zero-order chi connectivity index (χ0) is 16.6. The number of rotatable bonds is 6. The minimum Gasteiger partial charge on any atom is -0.355 e. The maximum atomic E-state index is 12.9. The lowest BCUT2D eigenvalue weighted by atomic mass is 9.49. The van der Waals surface area contributed by atoms with E-state index in [-0.39, 0.29) is 16.2 Å². The number of benzene rings is 1. The minimum absolute atomic E-state index is 0.0799. The molecule has 0 aromatic heterocycles. The van der Waals surface area contributed by atoms with Gasteiger partial charge >= 0.3 is 0 Å². The molecule has 1 N–H and O–H groups in total. The van der Waals surface area contributed by atoms with E-state index < -0.39 is 0 Å². The first kappa shape index (κ1) is 16.8. The molecular formula is C20H26ClNOS. The van der Waals surface area contributed by atoms with Gasteiger partial charge in [0.25, 0.3) is 0 Å². The van der Waals surface area contributed by atoms with Gasteiger partial charge in [0, 0.05) is 22.9 Å². The van der Waals surface area contributed by atoms with Crippen LogP contribution in [0.5, 0.6) is 0 Å². The van der Waals surface area contributed by atoms with E-state index >= 15 is 0 Å². The lowest BCUT2D eigenvalue weighted by molar-refractivity contribution is -0.144. The van der Waals surface area contributed by atoms with Crippen LogP contribution in [0, 0.1) is 17.3 Å². The third-order valence-corrected chi connectivity index (χ3v) is 7.59. The Balaban J connectivity index is 1.26. The van der Waals surface area contributed by atoms with Gasteiger partial charge in [-0.2, -0.15) is 11.8 Å². The summed E-state index contributed by atoms with van der Waals surface area (Å²) in [5, 5.41) is 3.22. The fourth-order valence-corrected chi connectivity index (χ4v) is 7.12. The van der Waals surface area contributed by atoms with Gasteiger partial charge in [0.2, 0.25) is 5.91 Å². The Morgan fingerprint density at radius 1 is 1.17 bits per heavy atom. The third kappa shape index (κ3) is 3.35. The zero-order valence-electron chi connectivity index (χ0n) is 14.1. The summed E-state index contributed by atoms with van der Waals surface area (Å²) in [5.74, 6) is 3.62. The fourth-order valence-electron chi connectivity index (χ4n) is 5.60. The number of nitrogens with one attached hydrogen (secondary N) is 1. The normalized spacial score (nSPS) is 36.7. The highest BCUT2D eigenvalue weighted by atomic mass is 35.5. The number of carbonyl (C=O) groups is 1. The monoisotopic (exact) mass is 363 g/mol. The highest BCUT2D eigenvalue weighted by Gasteiger charge is 2.59. The molecule has 5 rings (SSSR count). The molecule has 2 atom stereocenters. The minimum atomic E-state index is -0.157. The van der Waals surface area contributed by atoms with Crippen LogP contribution in [-0.2, 0) is 10.5 Å². The average Bonchev–Trinajstić information content (AvgIpc) is 2.53. The molecule has 1 aromatic carbocycles. The van der Waals surface area contributed by atoms with Crippen LogP contribution in [0.25, 0.3) is 0 Å². The Morgan fingerprint density at radius 3 is 2.54 bits per heavy atom. The first-order chi connectivity index (χ1) is 11.6. The molecule has 0 heterocycles. The van der Waals surface area contributed by atoms with Gasteiger partial charge in [-0.3, -0.25) is 4.79 Å². The van der Waals surface area contributed by atoms with E-state index in [0.29, 0.717) is 11.8 Å². The van der Waals surface area contributed by atoms with Crippen molar-refractivity contribution >= 4 is 29.3 Å². The van der Waals surface area contributed by atoms with Gasteiger partial charge in [-0.1, -0.05) is 30.3 Å². The molecule has 0 spiro atoms. The lowest BCUT2D eigenvalue weighted by Crippen LogP contribution is -2.58. The lowest BCUT2D eigenvalue weighted by Gasteiger charge is -2.59. The first-order valence-corrected chi connectivity index (χ1v) is 10.7. The highest BCUT2D eigenvalue weighted by Crippen LogP contribution is 2.63. The maximum absolute atomic E-state index is 12.9. The molecule has 1 amide bonds. The predicted octanol–water partition coefficient (Wildman–Crippen LogP) is 4.61.